The van der Waals surface area contributed by atoms with Crippen molar-refractivity contribution < 1.29 is 9.59 Å². The van der Waals surface area contributed by atoms with Crippen molar-refractivity contribution in [3.63, 3.8) is 0 Å². The van der Waals surface area contributed by atoms with Crippen LogP contribution >= 0.6 is 0 Å². The Hall–Kier alpha value is -2.11. The summed E-state index contributed by atoms with van der Waals surface area (Å²) in [6.07, 6.45) is 3.43. The Morgan fingerprint density at radius 1 is 1.15 bits per heavy atom. The average Bonchev–Trinajstić information content (AvgIpc) is 2.48. The molecule has 6 heteroatoms. The third kappa shape index (κ3) is 5.69. The molecule has 0 fully saturated rings. The predicted octanol–water partition coefficient (Wildman–Crippen LogP) is 1.16. The molecule has 0 atom stereocenters. The number of nitrogens with zero attached hydrogens (tertiary/aromatic N) is 1. The van der Waals surface area contributed by atoms with Gasteiger partial charge in [0.1, 0.15) is 5.82 Å². The van der Waals surface area contributed by atoms with Gasteiger partial charge in [-0.2, -0.15) is 0 Å². The fraction of sp³-hybridized carbons (Fsp3) is 0.500. The van der Waals surface area contributed by atoms with Crippen LogP contribution in [0.15, 0.2) is 18.3 Å². The highest BCUT2D eigenvalue weighted by Crippen LogP contribution is 2.06. The van der Waals surface area contributed by atoms with Crippen LogP contribution in [0.25, 0.3) is 0 Å². The van der Waals surface area contributed by atoms with Crippen LogP contribution in [-0.2, 0) is 4.79 Å². The molecule has 6 nitrogen and oxygen atoms in total. The van der Waals surface area contributed by atoms with Crippen molar-refractivity contribution in [2.24, 2.45) is 0 Å². The average molecular weight is 278 g/mol. The van der Waals surface area contributed by atoms with Gasteiger partial charge in [0.05, 0.1) is 6.54 Å². The SMILES string of the molecule is CCCNC(=O)CNC(=O)c1ccnc(NCCC)c1. The lowest BCUT2D eigenvalue weighted by Crippen LogP contribution is -2.37. The van der Waals surface area contributed by atoms with Crippen molar-refractivity contribution in [3.05, 3.63) is 23.9 Å². The van der Waals surface area contributed by atoms with Crippen molar-refractivity contribution in [3.8, 4) is 0 Å². The summed E-state index contributed by atoms with van der Waals surface area (Å²) < 4.78 is 0. The van der Waals surface area contributed by atoms with Crippen molar-refractivity contribution in [1.29, 1.82) is 0 Å². The lowest BCUT2D eigenvalue weighted by atomic mass is 10.2. The van der Waals surface area contributed by atoms with E-state index in [0.717, 1.165) is 19.4 Å². The van der Waals surface area contributed by atoms with Crippen LogP contribution in [0.5, 0.6) is 0 Å². The molecule has 2 amide bonds. The van der Waals surface area contributed by atoms with Crippen molar-refractivity contribution in [2.75, 3.05) is 25.0 Å². The molecule has 3 N–H and O–H groups in total. The minimum atomic E-state index is -0.279. The number of pyridine rings is 1. The Bertz CT molecular complexity index is 449. The third-order valence-electron chi connectivity index (χ3n) is 2.56. The van der Waals surface area contributed by atoms with Crippen LogP contribution in [0, 0.1) is 0 Å². The topological polar surface area (TPSA) is 83.1 Å². The zero-order chi connectivity index (χ0) is 14.8. The first kappa shape index (κ1) is 15.9. The fourth-order valence-electron chi connectivity index (χ4n) is 1.51. The normalized spacial score (nSPS) is 9.90. The van der Waals surface area contributed by atoms with E-state index < -0.39 is 0 Å². The summed E-state index contributed by atoms with van der Waals surface area (Å²) in [6.45, 7) is 5.44. The van der Waals surface area contributed by atoms with Gasteiger partial charge in [0.25, 0.3) is 5.91 Å². The summed E-state index contributed by atoms with van der Waals surface area (Å²) in [5, 5.41) is 8.40. The summed E-state index contributed by atoms with van der Waals surface area (Å²) in [7, 11) is 0. The largest absolute Gasteiger partial charge is 0.370 e. The highest BCUT2D eigenvalue weighted by molar-refractivity contribution is 5.96. The van der Waals surface area contributed by atoms with Crippen LogP contribution in [0.1, 0.15) is 37.0 Å². The molecule has 1 heterocycles. The minimum Gasteiger partial charge on any atom is -0.370 e. The number of carbonyl (C=O) groups excluding carboxylic acids is 2. The first-order valence-corrected chi connectivity index (χ1v) is 6.92. The molecule has 110 valence electrons. The molecule has 0 aliphatic heterocycles. The number of anilines is 1. The number of hydrogen-bond acceptors (Lipinski definition) is 4. The molecule has 1 rings (SSSR count). The van der Waals surface area contributed by atoms with Gasteiger partial charge in [-0.3, -0.25) is 9.59 Å². The zero-order valence-corrected chi connectivity index (χ0v) is 12.0. The minimum absolute atomic E-state index is 0.0150. The van der Waals surface area contributed by atoms with Gasteiger partial charge in [-0.25, -0.2) is 4.98 Å². The maximum absolute atomic E-state index is 11.9. The van der Waals surface area contributed by atoms with Gasteiger partial charge in [0.15, 0.2) is 0 Å². The highest BCUT2D eigenvalue weighted by atomic mass is 16.2. The second kappa shape index (κ2) is 8.90. The number of nitrogens with one attached hydrogen (secondary N) is 3. The Morgan fingerprint density at radius 3 is 2.60 bits per heavy atom. The van der Waals surface area contributed by atoms with Gasteiger partial charge in [-0.1, -0.05) is 13.8 Å². The van der Waals surface area contributed by atoms with Crippen LogP contribution < -0.4 is 16.0 Å². The van der Waals surface area contributed by atoms with E-state index in [2.05, 4.69) is 27.9 Å². The van der Waals surface area contributed by atoms with Crippen LogP contribution in [0.4, 0.5) is 5.82 Å². The molecule has 0 saturated heterocycles. The maximum atomic E-state index is 11.9. The maximum Gasteiger partial charge on any atom is 0.251 e. The molecular formula is C14H22N4O2. The van der Waals surface area contributed by atoms with Gasteiger partial charge in [0, 0.05) is 24.8 Å². The van der Waals surface area contributed by atoms with Gasteiger partial charge >= 0.3 is 0 Å². The van der Waals surface area contributed by atoms with E-state index in [1.807, 2.05) is 6.92 Å². The predicted molar refractivity (Wildman–Crippen MR) is 78.7 cm³/mol. The lowest BCUT2D eigenvalue weighted by Gasteiger charge is -2.08. The van der Waals surface area contributed by atoms with Crippen LogP contribution in [0.2, 0.25) is 0 Å². The van der Waals surface area contributed by atoms with E-state index >= 15 is 0 Å². The number of amides is 2. The van der Waals surface area contributed by atoms with Crippen LogP contribution in [0.3, 0.4) is 0 Å². The summed E-state index contributed by atoms with van der Waals surface area (Å²) in [5.74, 6) is 0.201. The van der Waals surface area contributed by atoms with E-state index in [9.17, 15) is 9.59 Å². The van der Waals surface area contributed by atoms with Crippen molar-refractivity contribution in [2.45, 2.75) is 26.7 Å². The van der Waals surface area contributed by atoms with Crippen molar-refractivity contribution in [1.82, 2.24) is 15.6 Å². The molecule has 0 aliphatic rings. The third-order valence-corrected chi connectivity index (χ3v) is 2.56. The van der Waals surface area contributed by atoms with Gasteiger partial charge in [0.2, 0.25) is 5.91 Å². The molecule has 0 saturated carbocycles. The van der Waals surface area contributed by atoms with E-state index in [1.165, 1.54) is 0 Å². The zero-order valence-electron chi connectivity index (χ0n) is 12.0. The highest BCUT2D eigenvalue weighted by Gasteiger charge is 2.08. The second-order valence-corrected chi connectivity index (χ2v) is 4.39. The first-order valence-electron chi connectivity index (χ1n) is 6.92. The first-order chi connectivity index (χ1) is 9.67. The number of carbonyl (C=O) groups is 2. The quantitative estimate of drug-likeness (QED) is 0.666. The van der Waals surface area contributed by atoms with E-state index in [0.29, 0.717) is 17.9 Å². The Kier molecular flexibility index (Phi) is 7.10. The van der Waals surface area contributed by atoms with Gasteiger partial charge in [-0.15, -0.1) is 0 Å². The van der Waals surface area contributed by atoms with Crippen LogP contribution in [-0.4, -0.2) is 36.4 Å². The number of hydrogen-bond donors (Lipinski definition) is 3. The molecule has 0 spiro atoms. The monoisotopic (exact) mass is 278 g/mol. The summed E-state index contributed by atoms with van der Waals surface area (Å²) in [5.41, 5.74) is 0.488. The Balaban J connectivity index is 2.48. The molecule has 0 unspecified atom stereocenters. The summed E-state index contributed by atoms with van der Waals surface area (Å²) in [6, 6.07) is 3.30. The Morgan fingerprint density at radius 2 is 1.90 bits per heavy atom. The van der Waals surface area contributed by atoms with E-state index in [-0.39, 0.29) is 18.4 Å². The standard InChI is InChI=1S/C14H22N4O2/c1-3-6-15-12-9-11(5-8-16-12)14(20)18-10-13(19)17-7-4-2/h5,8-9H,3-4,6-7,10H2,1-2H3,(H,15,16)(H,17,19)(H,18,20). The smallest absolute Gasteiger partial charge is 0.251 e. The molecule has 0 aromatic carbocycles. The fourth-order valence-corrected chi connectivity index (χ4v) is 1.51. The summed E-state index contributed by atoms with van der Waals surface area (Å²) in [4.78, 5) is 27.4. The Labute approximate surface area is 119 Å². The molecule has 20 heavy (non-hydrogen) atoms. The summed E-state index contributed by atoms with van der Waals surface area (Å²) >= 11 is 0. The molecule has 1 aromatic heterocycles. The van der Waals surface area contributed by atoms with Crippen molar-refractivity contribution >= 4 is 17.6 Å². The van der Waals surface area contributed by atoms with Gasteiger partial charge in [-0.05, 0) is 25.0 Å². The molecule has 0 bridgehead atoms. The van der Waals surface area contributed by atoms with Gasteiger partial charge < -0.3 is 16.0 Å². The number of aromatic nitrogens is 1. The molecule has 0 radical (unpaired) electrons. The molecular weight excluding hydrogens is 256 g/mol. The number of rotatable bonds is 8. The second-order valence-electron chi connectivity index (χ2n) is 4.39. The van der Waals surface area contributed by atoms with E-state index in [1.54, 1.807) is 18.3 Å². The molecule has 0 aliphatic carbocycles. The molecule has 1 aromatic rings. The lowest BCUT2D eigenvalue weighted by molar-refractivity contribution is -0.120. The van der Waals surface area contributed by atoms with E-state index in [4.69, 9.17) is 0 Å².